The van der Waals surface area contributed by atoms with E-state index < -0.39 is 5.91 Å². The number of rotatable bonds is 5. The third kappa shape index (κ3) is 4.90. The molecule has 0 aliphatic carbocycles. The Labute approximate surface area is 155 Å². The second-order valence-electron chi connectivity index (χ2n) is 4.91. The molecule has 2 N–H and O–H groups in total. The molecule has 128 valence electrons. The topological polar surface area (TPSA) is 82.3 Å². The number of hydrogen-bond donors (Lipinski definition) is 2. The monoisotopic (exact) mass is 376 g/mol. The number of carbonyl (C=O) groups excluding carboxylic acids is 1. The maximum absolute atomic E-state index is 12.3. The van der Waals surface area contributed by atoms with Gasteiger partial charge in [0.05, 0.1) is 16.7 Å². The zero-order chi connectivity index (χ0) is 18.4. The molecule has 2 aromatic rings. The number of nitrogens with zero attached hydrogens (tertiary/aromatic N) is 1. The Hall–Kier alpha value is -2.68. The van der Waals surface area contributed by atoms with Crippen LogP contribution in [0.4, 0.5) is 5.69 Å². The molecule has 0 saturated carbocycles. The molecule has 0 unspecified atom stereocenters. The molecule has 0 aliphatic heterocycles. The van der Waals surface area contributed by atoms with Gasteiger partial charge in [0.25, 0.3) is 5.91 Å². The van der Waals surface area contributed by atoms with Gasteiger partial charge < -0.3 is 15.2 Å². The Kier molecular flexibility index (Phi) is 6.29. The Bertz CT molecular complexity index is 873. The van der Waals surface area contributed by atoms with Gasteiger partial charge in [-0.05, 0) is 48.9 Å². The van der Waals surface area contributed by atoms with E-state index in [1.54, 1.807) is 31.2 Å². The van der Waals surface area contributed by atoms with Crippen LogP contribution in [0.5, 0.6) is 11.5 Å². The van der Waals surface area contributed by atoms with E-state index in [9.17, 15) is 15.2 Å². The molecule has 0 aliphatic rings. The minimum absolute atomic E-state index is 0.0160. The number of ether oxygens (including phenoxy) is 1. The summed E-state index contributed by atoms with van der Waals surface area (Å²) in [4.78, 5) is 12.3. The Morgan fingerprint density at radius 2 is 2.04 bits per heavy atom. The van der Waals surface area contributed by atoms with Gasteiger partial charge in [-0.25, -0.2) is 0 Å². The first kappa shape index (κ1) is 18.7. The molecular formula is C18H14Cl2N2O3. The second-order valence-corrected chi connectivity index (χ2v) is 5.73. The fourth-order valence-electron chi connectivity index (χ4n) is 1.98. The Morgan fingerprint density at radius 3 is 2.68 bits per heavy atom. The average molecular weight is 377 g/mol. The first-order chi connectivity index (χ1) is 11.9. The number of hydrogen-bond acceptors (Lipinski definition) is 4. The smallest absolute Gasteiger partial charge is 0.266 e. The predicted octanol–water partition coefficient (Wildman–Crippen LogP) is 4.64. The van der Waals surface area contributed by atoms with Gasteiger partial charge in [0.1, 0.15) is 11.6 Å². The third-order valence-corrected chi connectivity index (χ3v) is 3.88. The summed E-state index contributed by atoms with van der Waals surface area (Å²) in [5.74, 6) is -0.330. The van der Waals surface area contributed by atoms with Crippen LogP contribution in [-0.2, 0) is 4.79 Å². The summed E-state index contributed by atoms with van der Waals surface area (Å²) in [6.07, 6.45) is 1.40. The number of aromatic hydroxyl groups is 1. The fraction of sp³-hybridized carbons (Fsp3) is 0.111. The van der Waals surface area contributed by atoms with Crippen molar-refractivity contribution in [2.45, 2.75) is 6.92 Å². The molecule has 0 fully saturated rings. The number of benzene rings is 2. The lowest BCUT2D eigenvalue weighted by Crippen LogP contribution is -2.13. The Morgan fingerprint density at radius 1 is 1.28 bits per heavy atom. The highest BCUT2D eigenvalue weighted by Gasteiger charge is 2.11. The maximum atomic E-state index is 12.3. The molecule has 25 heavy (non-hydrogen) atoms. The predicted molar refractivity (Wildman–Crippen MR) is 98.0 cm³/mol. The van der Waals surface area contributed by atoms with E-state index >= 15 is 0 Å². The third-order valence-electron chi connectivity index (χ3n) is 3.14. The van der Waals surface area contributed by atoms with Crippen LogP contribution in [0.2, 0.25) is 10.0 Å². The number of carbonyl (C=O) groups is 1. The van der Waals surface area contributed by atoms with Gasteiger partial charge in [-0.15, -0.1) is 0 Å². The lowest BCUT2D eigenvalue weighted by atomic mass is 10.1. The normalized spacial score (nSPS) is 10.9. The number of nitriles is 1. The summed E-state index contributed by atoms with van der Waals surface area (Å²) in [5.41, 5.74) is 0.850. The van der Waals surface area contributed by atoms with Gasteiger partial charge in [0.2, 0.25) is 0 Å². The van der Waals surface area contributed by atoms with Gasteiger partial charge >= 0.3 is 0 Å². The van der Waals surface area contributed by atoms with E-state index in [1.807, 2.05) is 6.07 Å². The van der Waals surface area contributed by atoms with Crippen LogP contribution in [0.25, 0.3) is 6.08 Å². The Balaban J connectivity index is 2.24. The minimum atomic E-state index is -0.591. The van der Waals surface area contributed by atoms with Gasteiger partial charge in [-0.1, -0.05) is 29.3 Å². The van der Waals surface area contributed by atoms with Crippen LogP contribution in [0.1, 0.15) is 12.5 Å². The van der Waals surface area contributed by atoms with Crippen molar-refractivity contribution in [3.63, 3.8) is 0 Å². The summed E-state index contributed by atoms with van der Waals surface area (Å²) < 4.78 is 5.28. The van der Waals surface area contributed by atoms with Gasteiger partial charge in [-0.3, -0.25) is 4.79 Å². The van der Waals surface area contributed by atoms with Crippen molar-refractivity contribution < 1.29 is 14.6 Å². The van der Waals surface area contributed by atoms with Crippen molar-refractivity contribution in [1.29, 1.82) is 5.26 Å². The molecule has 0 spiro atoms. The lowest BCUT2D eigenvalue weighted by molar-refractivity contribution is -0.112. The summed E-state index contributed by atoms with van der Waals surface area (Å²) >= 11 is 11.7. The first-order valence-electron chi connectivity index (χ1n) is 7.28. The van der Waals surface area contributed by atoms with Crippen molar-refractivity contribution in [3.05, 3.63) is 57.6 Å². The maximum Gasteiger partial charge on any atom is 0.266 e. The molecule has 0 aromatic heterocycles. The number of amides is 1. The highest BCUT2D eigenvalue weighted by Crippen LogP contribution is 2.28. The van der Waals surface area contributed by atoms with Crippen LogP contribution in [0, 0.1) is 11.3 Å². The quantitative estimate of drug-likeness (QED) is 0.587. The van der Waals surface area contributed by atoms with Crippen LogP contribution < -0.4 is 10.1 Å². The molecule has 2 rings (SSSR count). The fourth-order valence-corrected chi connectivity index (χ4v) is 2.28. The van der Waals surface area contributed by atoms with Crippen LogP contribution in [0.3, 0.4) is 0 Å². The second kappa shape index (κ2) is 8.43. The van der Waals surface area contributed by atoms with E-state index in [1.165, 1.54) is 18.2 Å². The largest absolute Gasteiger partial charge is 0.504 e. The average Bonchev–Trinajstić information content (AvgIpc) is 2.58. The van der Waals surface area contributed by atoms with E-state index in [2.05, 4.69) is 5.32 Å². The molecule has 0 atom stereocenters. The zero-order valence-electron chi connectivity index (χ0n) is 13.2. The molecule has 0 heterocycles. The van der Waals surface area contributed by atoms with Crippen molar-refractivity contribution in [2.75, 3.05) is 11.9 Å². The standard InChI is InChI=1S/C18H14Cl2N2O3/c1-2-25-17-8-11(3-6-16(17)23)7-12(10-21)18(24)22-13-4-5-14(19)15(20)9-13/h3-9,23H,2H2,1H3,(H,22,24)/b12-7-. The number of phenolic OH excluding ortho intramolecular Hbond substituents is 1. The molecular weight excluding hydrogens is 363 g/mol. The molecule has 0 saturated heterocycles. The van der Waals surface area contributed by atoms with Crippen LogP contribution in [-0.4, -0.2) is 17.6 Å². The molecule has 0 bridgehead atoms. The summed E-state index contributed by atoms with van der Waals surface area (Å²) in [6.45, 7) is 2.16. The van der Waals surface area contributed by atoms with Gasteiger partial charge in [-0.2, -0.15) is 5.26 Å². The SMILES string of the molecule is CCOc1cc(/C=C(/C#N)C(=O)Nc2ccc(Cl)c(Cl)c2)ccc1O. The van der Waals surface area contributed by atoms with Crippen LogP contribution >= 0.6 is 23.2 Å². The molecule has 2 aromatic carbocycles. The van der Waals surface area contributed by atoms with Crippen molar-refractivity contribution in [1.82, 2.24) is 0 Å². The summed E-state index contributed by atoms with van der Waals surface area (Å²) in [6, 6.07) is 11.0. The first-order valence-corrected chi connectivity index (χ1v) is 8.04. The highest BCUT2D eigenvalue weighted by molar-refractivity contribution is 6.42. The van der Waals surface area contributed by atoms with Gasteiger partial charge in [0.15, 0.2) is 11.5 Å². The van der Waals surface area contributed by atoms with E-state index in [0.717, 1.165) is 0 Å². The van der Waals surface area contributed by atoms with Crippen molar-refractivity contribution >= 4 is 40.9 Å². The number of halogens is 2. The van der Waals surface area contributed by atoms with Gasteiger partial charge in [0, 0.05) is 5.69 Å². The minimum Gasteiger partial charge on any atom is -0.504 e. The molecule has 5 nitrogen and oxygen atoms in total. The van der Waals surface area contributed by atoms with Crippen LogP contribution in [0.15, 0.2) is 42.0 Å². The highest BCUT2D eigenvalue weighted by atomic mass is 35.5. The number of phenols is 1. The number of anilines is 1. The van der Waals surface area contributed by atoms with E-state index in [0.29, 0.717) is 27.9 Å². The van der Waals surface area contributed by atoms with Crippen molar-refractivity contribution in [2.24, 2.45) is 0 Å². The molecule has 0 radical (unpaired) electrons. The van der Waals surface area contributed by atoms with E-state index in [4.69, 9.17) is 27.9 Å². The zero-order valence-corrected chi connectivity index (χ0v) is 14.7. The van der Waals surface area contributed by atoms with Crippen molar-refractivity contribution in [3.8, 4) is 17.6 Å². The number of nitrogens with one attached hydrogen (secondary N) is 1. The van der Waals surface area contributed by atoms with E-state index in [-0.39, 0.29) is 17.1 Å². The summed E-state index contributed by atoms with van der Waals surface area (Å²) in [5, 5.41) is 22.2. The molecule has 1 amide bonds. The summed E-state index contributed by atoms with van der Waals surface area (Å²) in [7, 11) is 0. The lowest BCUT2D eigenvalue weighted by Gasteiger charge is -2.07. The molecule has 7 heteroatoms.